The number of rotatable bonds is 1. The van der Waals surface area contributed by atoms with Crippen molar-refractivity contribution in [2.75, 3.05) is 0 Å². The number of aromatic nitrogens is 1. The van der Waals surface area contributed by atoms with Crippen LogP contribution in [-0.4, -0.2) is 4.40 Å². The van der Waals surface area contributed by atoms with Crippen LogP contribution in [0, 0.1) is 0 Å². The molecule has 0 aliphatic carbocycles. The Kier molecular flexibility index (Phi) is 4.86. The molecule has 0 unspecified atom stereocenters. The number of benzene rings is 1. The number of pyridine rings is 2. The number of hydrogen-bond acceptors (Lipinski definition) is 1. The van der Waals surface area contributed by atoms with Crippen LogP contribution in [0.25, 0.3) is 5.52 Å². The Hall–Kier alpha value is -1.29. The van der Waals surface area contributed by atoms with Gasteiger partial charge in [0.15, 0.2) is 0 Å². The van der Waals surface area contributed by atoms with Gasteiger partial charge in [-0.25, -0.2) is 4.99 Å². The molecule has 0 bridgehead atoms. The van der Waals surface area contributed by atoms with Gasteiger partial charge in [0.25, 0.3) is 0 Å². The summed E-state index contributed by atoms with van der Waals surface area (Å²) in [4.78, 5) is 4.54. The van der Waals surface area contributed by atoms with Crippen LogP contribution in [-0.2, 0) is 0 Å². The van der Waals surface area contributed by atoms with Gasteiger partial charge < -0.3 is 4.40 Å². The minimum absolute atomic E-state index is 0. The van der Waals surface area contributed by atoms with Crippen molar-refractivity contribution in [3.8, 4) is 0 Å². The highest BCUT2D eigenvalue weighted by Gasteiger charge is 1.98. The average Bonchev–Trinajstić information content (AvgIpc) is 2.43. The lowest BCUT2D eigenvalue weighted by atomic mass is 10.3. The highest BCUT2D eigenvalue weighted by Crippen LogP contribution is 2.26. The molecule has 0 aliphatic heterocycles. The second-order valence-electron chi connectivity index (χ2n) is 4.13. The zero-order valence-corrected chi connectivity index (χ0v) is 13.6. The fourth-order valence-corrected chi connectivity index (χ4v) is 2.15. The van der Waals surface area contributed by atoms with Gasteiger partial charge in [-0.1, -0.05) is 29.3 Å². The first kappa shape index (κ1) is 15.1. The molecule has 5 heteroatoms. The van der Waals surface area contributed by atoms with Gasteiger partial charge in [0, 0.05) is 17.9 Å². The average molecular weight is 370 g/mol. The molecule has 0 saturated heterocycles. The Morgan fingerprint density at radius 2 is 1.70 bits per heavy atom. The molecule has 0 amide bonds. The molecular weight excluding hydrogens is 359 g/mol. The lowest BCUT2D eigenvalue weighted by Gasteiger charge is -2.00. The van der Waals surface area contributed by atoms with E-state index in [4.69, 9.17) is 23.2 Å². The standard InChI is InChI=1S/C15H10Cl2N2.BrH/c16-14-5-4-11(10-15(14)17)18-12-6-8-19-7-2-1-3-13(19)9-12;/h1-10H;1H. The van der Waals surface area contributed by atoms with E-state index in [0.29, 0.717) is 10.0 Å². The third kappa shape index (κ3) is 3.23. The third-order valence-corrected chi connectivity index (χ3v) is 3.52. The maximum Gasteiger partial charge on any atom is 0.0672 e. The van der Waals surface area contributed by atoms with E-state index < -0.39 is 0 Å². The first-order valence-electron chi connectivity index (χ1n) is 5.79. The summed E-state index contributed by atoms with van der Waals surface area (Å²) in [5.74, 6) is 0. The Bertz CT molecular complexity index is 812. The summed E-state index contributed by atoms with van der Waals surface area (Å²) in [6.07, 6.45) is 3.98. The predicted molar refractivity (Wildman–Crippen MR) is 89.4 cm³/mol. The minimum Gasteiger partial charge on any atom is -0.324 e. The van der Waals surface area contributed by atoms with E-state index in [2.05, 4.69) is 4.99 Å². The summed E-state index contributed by atoms with van der Waals surface area (Å²) < 4.78 is 2.04. The van der Waals surface area contributed by atoms with E-state index in [9.17, 15) is 0 Å². The third-order valence-electron chi connectivity index (χ3n) is 2.79. The number of fused-ring (bicyclic) bond motifs is 1. The summed E-state index contributed by atoms with van der Waals surface area (Å²) in [5, 5.41) is 1.93. The minimum atomic E-state index is 0. The largest absolute Gasteiger partial charge is 0.324 e. The SMILES string of the molecule is Br.Clc1ccc(N=c2ccn3ccccc3c2)cc1Cl. The van der Waals surface area contributed by atoms with Crippen molar-refractivity contribution in [2.24, 2.45) is 4.99 Å². The number of hydrogen-bond donors (Lipinski definition) is 0. The molecule has 3 aromatic rings. The van der Waals surface area contributed by atoms with Crippen LogP contribution in [0.15, 0.2) is 65.9 Å². The molecule has 3 rings (SSSR count). The van der Waals surface area contributed by atoms with Gasteiger partial charge in [0.05, 0.1) is 21.1 Å². The van der Waals surface area contributed by atoms with Crippen molar-refractivity contribution in [1.29, 1.82) is 0 Å². The molecule has 0 saturated carbocycles. The van der Waals surface area contributed by atoms with Crippen LogP contribution >= 0.6 is 40.2 Å². The molecule has 0 aliphatic rings. The first-order chi connectivity index (χ1) is 9.22. The molecule has 1 aromatic carbocycles. The summed E-state index contributed by atoms with van der Waals surface area (Å²) in [5.41, 5.74) is 1.87. The normalized spacial score (nSPS) is 11.4. The zero-order chi connectivity index (χ0) is 13.2. The Balaban J connectivity index is 0.00000147. The van der Waals surface area contributed by atoms with Crippen LogP contribution in [0.3, 0.4) is 0 Å². The maximum absolute atomic E-state index is 5.98. The Labute approximate surface area is 137 Å². The summed E-state index contributed by atoms with van der Waals surface area (Å²) in [6, 6.07) is 15.3. The molecule has 102 valence electrons. The van der Waals surface area contributed by atoms with Crippen LogP contribution in [0.2, 0.25) is 10.0 Å². The van der Waals surface area contributed by atoms with Crippen molar-refractivity contribution >= 4 is 51.4 Å². The van der Waals surface area contributed by atoms with Crippen molar-refractivity contribution in [3.05, 3.63) is 76.3 Å². The predicted octanol–water partition coefficient (Wildman–Crippen LogP) is 5.06. The molecular formula is C15H11BrCl2N2. The first-order valence-corrected chi connectivity index (χ1v) is 6.55. The Morgan fingerprint density at radius 3 is 2.50 bits per heavy atom. The van der Waals surface area contributed by atoms with E-state index >= 15 is 0 Å². The molecule has 0 spiro atoms. The van der Waals surface area contributed by atoms with Gasteiger partial charge in [0.2, 0.25) is 0 Å². The van der Waals surface area contributed by atoms with Gasteiger partial charge in [0.1, 0.15) is 0 Å². The van der Waals surface area contributed by atoms with Gasteiger partial charge >= 0.3 is 0 Å². The Morgan fingerprint density at radius 1 is 0.850 bits per heavy atom. The fraction of sp³-hybridized carbons (Fsp3) is 0. The second-order valence-corrected chi connectivity index (χ2v) is 4.94. The van der Waals surface area contributed by atoms with E-state index in [0.717, 1.165) is 16.6 Å². The zero-order valence-electron chi connectivity index (χ0n) is 10.3. The summed E-state index contributed by atoms with van der Waals surface area (Å²) in [6.45, 7) is 0. The summed E-state index contributed by atoms with van der Waals surface area (Å²) >= 11 is 11.9. The molecule has 2 aromatic heterocycles. The van der Waals surface area contributed by atoms with E-state index in [1.807, 2.05) is 53.2 Å². The molecule has 2 nitrogen and oxygen atoms in total. The molecule has 20 heavy (non-hydrogen) atoms. The highest BCUT2D eigenvalue weighted by atomic mass is 79.9. The van der Waals surface area contributed by atoms with Crippen molar-refractivity contribution in [1.82, 2.24) is 4.40 Å². The summed E-state index contributed by atoms with van der Waals surface area (Å²) in [7, 11) is 0. The van der Waals surface area contributed by atoms with Crippen molar-refractivity contribution in [3.63, 3.8) is 0 Å². The highest BCUT2D eigenvalue weighted by molar-refractivity contribution is 8.93. The van der Waals surface area contributed by atoms with Crippen LogP contribution in [0.5, 0.6) is 0 Å². The smallest absolute Gasteiger partial charge is 0.0672 e. The van der Waals surface area contributed by atoms with Crippen LogP contribution < -0.4 is 5.36 Å². The van der Waals surface area contributed by atoms with Crippen molar-refractivity contribution < 1.29 is 0 Å². The van der Waals surface area contributed by atoms with Gasteiger partial charge in [-0.3, -0.25) is 0 Å². The van der Waals surface area contributed by atoms with Crippen molar-refractivity contribution in [2.45, 2.75) is 0 Å². The molecule has 0 radical (unpaired) electrons. The van der Waals surface area contributed by atoms with Gasteiger partial charge in [-0.2, -0.15) is 0 Å². The number of nitrogens with zero attached hydrogens (tertiary/aromatic N) is 2. The van der Waals surface area contributed by atoms with E-state index in [1.165, 1.54) is 0 Å². The molecule has 0 atom stereocenters. The topological polar surface area (TPSA) is 16.8 Å². The number of halogens is 3. The van der Waals surface area contributed by atoms with E-state index in [-0.39, 0.29) is 17.0 Å². The monoisotopic (exact) mass is 368 g/mol. The van der Waals surface area contributed by atoms with Crippen LogP contribution in [0.4, 0.5) is 5.69 Å². The maximum atomic E-state index is 5.98. The van der Waals surface area contributed by atoms with E-state index in [1.54, 1.807) is 12.1 Å². The van der Waals surface area contributed by atoms with Crippen LogP contribution in [0.1, 0.15) is 0 Å². The van der Waals surface area contributed by atoms with Gasteiger partial charge in [-0.05, 0) is 42.5 Å². The molecule has 0 N–H and O–H groups in total. The molecule has 2 heterocycles. The van der Waals surface area contributed by atoms with Gasteiger partial charge in [-0.15, -0.1) is 17.0 Å². The quantitative estimate of drug-likeness (QED) is 0.570. The molecule has 0 fully saturated rings. The fourth-order valence-electron chi connectivity index (χ4n) is 1.86. The lowest BCUT2D eigenvalue weighted by molar-refractivity contribution is 1.14. The second kappa shape index (κ2) is 6.44. The lowest BCUT2D eigenvalue weighted by Crippen LogP contribution is -2.01.